The lowest BCUT2D eigenvalue weighted by molar-refractivity contribution is -0.118. The zero-order valence-electron chi connectivity index (χ0n) is 23.8. The predicted molar refractivity (Wildman–Crippen MR) is 162 cm³/mol. The third-order valence-electron chi connectivity index (χ3n) is 7.98. The fraction of sp³-hybridized carbons (Fsp3) is 0.382. The molecule has 0 saturated carbocycles. The molecule has 0 aromatic heterocycles. The van der Waals surface area contributed by atoms with Crippen molar-refractivity contribution in [2.45, 2.75) is 30.8 Å². The number of nitrogens with one attached hydrogen (secondary N) is 1. The summed E-state index contributed by atoms with van der Waals surface area (Å²) in [7, 11) is 5.96. The van der Waals surface area contributed by atoms with Gasteiger partial charge in [0.2, 0.25) is 5.91 Å². The molecule has 2 heterocycles. The molecular weight excluding hydrogens is 496 g/mol. The Bertz CT molecular complexity index is 1310. The van der Waals surface area contributed by atoms with Crippen LogP contribution in [0.15, 0.2) is 78.9 Å². The van der Waals surface area contributed by atoms with E-state index in [1.807, 2.05) is 54.6 Å². The summed E-state index contributed by atoms with van der Waals surface area (Å²) >= 11 is 0. The Kier molecular flexibility index (Phi) is 9.18. The normalized spacial score (nSPS) is 21.2. The molecule has 0 aliphatic carbocycles. The Morgan fingerprint density at radius 1 is 0.925 bits per heavy atom. The molecule has 40 heavy (non-hydrogen) atoms. The third-order valence-corrected chi connectivity index (χ3v) is 7.98. The highest BCUT2D eigenvalue weighted by atomic mass is 16.5. The maximum Gasteiger partial charge on any atom is 0.238 e. The molecule has 6 heteroatoms. The standard InChI is InChI=1S/C34H40N4O2/c1-36(2)23-31-34(28-15-13-27(14-16-28)12-11-26-9-5-4-6-10-26)32-24-37(21-7-8-22-38(31)32)25-33(39)35-29-17-19-30(40-3)20-18-29/h4-6,9-10,13-20,31-32,34H,7-8,21-25H2,1-3H3,(H,35,39)/t31-,32+,34+/m1/s1. The number of rotatable bonds is 7. The number of benzene rings is 3. The number of carbonyl (C=O) groups excluding carboxylic acids is 1. The monoisotopic (exact) mass is 536 g/mol. The molecule has 6 nitrogen and oxygen atoms in total. The number of methoxy groups -OCH3 is 1. The van der Waals surface area contributed by atoms with Gasteiger partial charge in [0, 0.05) is 47.9 Å². The van der Waals surface area contributed by atoms with Crippen LogP contribution in [0.3, 0.4) is 0 Å². The van der Waals surface area contributed by atoms with Gasteiger partial charge in [0.05, 0.1) is 13.7 Å². The van der Waals surface area contributed by atoms with Gasteiger partial charge in [-0.2, -0.15) is 0 Å². The Balaban J connectivity index is 1.29. The van der Waals surface area contributed by atoms with Crippen molar-refractivity contribution in [3.8, 4) is 17.6 Å². The van der Waals surface area contributed by atoms with Crippen LogP contribution in [0.2, 0.25) is 0 Å². The van der Waals surface area contributed by atoms with Crippen LogP contribution in [-0.4, -0.2) is 86.6 Å². The minimum atomic E-state index is 0.0272. The van der Waals surface area contributed by atoms with E-state index in [0.717, 1.165) is 61.6 Å². The van der Waals surface area contributed by atoms with Crippen LogP contribution in [0.4, 0.5) is 5.69 Å². The van der Waals surface area contributed by atoms with Gasteiger partial charge in [-0.3, -0.25) is 14.6 Å². The first-order valence-corrected chi connectivity index (χ1v) is 14.2. The van der Waals surface area contributed by atoms with Crippen LogP contribution in [0.25, 0.3) is 0 Å². The van der Waals surface area contributed by atoms with E-state index in [9.17, 15) is 4.79 Å². The largest absolute Gasteiger partial charge is 0.497 e. The Morgan fingerprint density at radius 2 is 1.60 bits per heavy atom. The maximum absolute atomic E-state index is 13.0. The molecule has 0 unspecified atom stereocenters. The predicted octanol–water partition coefficient (Wildman–Crippen LogP) is 4.53. The van der Waals surface area contributed by atoms with E-state index < -0.39 is 0 Å². The van der Waals surface area contributed by atoms with E-state index in [1.54, 1.807) is 7.11 Å². The molecule has 1 amide bonds. The number of carbonyl (C=O) groups is 1. The molecule has 2 fully saturated rings. The van der Waals surface area contributed by atoms with Crippen LogP contribution in [0.1, 0.15) is 35.4 Å². The molecule has 3 atom stereocenters. The summed E-state index contributed by atoms with van der Waals surface area (Å²) in [4.78, 5) is 20.3. The Hall–Kier alpha value is -3.63. The molecule has 1 N–H and O–H groups in total. The van der Waals surface area contributed by atoms with Crippen LogP contribution in [0.5, 0.6) is 5.75 Å². The molecule has 0 radical (unpaired) electrons. The summed E-state index contributed by atoms with van der Waals surface area (Å²) in [5.74, 6) is 7.80. The average Bonchev–Trinajstić information content (AvgIpc) is 2.95. The number of hydrogen-bond donors (Lipinski definition) is 1. The molecule has 3 aromatic carbocycles. The smallest absolute Gasteiger partial charge is 0.238 e. The second-order valence-corrected chi connectivity index (χ2v) is 11.1. The van der Waals surface area contributed by atoms with Crippen molar-refractivity contribution < 1.29 is 9.53 Å². The van der Waals surface area contributed by atoms with Crippen molar-refractivity contribution >= 4 is 11.6 Å². The van der Waals surface area contributed by atoms with Gasteiger partial charge in [0.1, 0.15) is 5.75 Å². The lowest BCUT2D eigenvalue weighted by atomic mass is 9.73. The summed E-state index contributed by atoms with van der Waals surface area (Å²) < 4.78 is 5.23. The number of fused-ring (bicyclic) bond motifs is 1. The van der Waals surface area contributed by atoms with Crippen LogP contribution < -0.4 is 10.1 Å². The number of likely N-dealkylation sites (N-methyl/N-ethyl adjacent to an activating group) is 1. The van der Waals surface area contributed by atoms with E-state index in [0.29, 0.717) is 24.5 Å². The minimum absolute atomic E-state index is 0.0272. The molecule has 0 bridgehead atoms. The fourth-order valence-electron chi connectivity index (χ4n) is 6.06. The van der Waals surface area contributed by atoms with Crippen molar-refractivity contribution in [3.63, 3.8) is 0 Å². The third kappa shape index (κ3) is 6.92. The summed E-state index contributed by atoms with van der Waals surface area (Å²) in [6.07, 6.45) is 2.25. The van der Waals surface area contributed by atoms with Gasteiger partial charge in [0.25, 0.3) is 0 Å². The minimum Gasteiger partial charge on any atom is -0.497 e. The average molecular weight is 537 g/mol. The van der Waals surface area contributed by atoms with E-state index >= 15 is 0 Å². The second kappa shape index (κ2) is 13.1. The Morgan fingerprint density at radius 3 is 2.27 bits per heavy atom. The molecule has 5 rings (SSSR count). The second-order valence-electron chi connectivity index (χ2n) is 11.1. The lowest BCUT2D eigenvalue weighted by Gasteiger charge is -2.58. The Labute approximate surface area is 238 Å². The first kappa shape index (κ1) is 27.9. The van der Waals surface area contributed by atoms with Gasteiger partial charge in [0.15, 0.2) is 0 Å². The number of nitrogens with zero attached hydrogens (tertiary/aromatic N) is 3. The molecule has 2 aliphatic rings. The first-order chi connectivity index (χ1) is 19.5. The number of hydrogen-bond acceptors (Lipinski definition) is 5. The van der Waals surface area contributed by atoms with Gasteiger partial charge < -0.3 is 15.0 Å². The van der Waals surface area contributed by atoms with Crippen molar-refractivity contribution in [1.82, 2.24) is 14.7 Å². The fourth-order valence-corrected chi connectivity index (χ4v) is 6.06. The highest BCUT2D eigenvalue weighted by Crippen LogP contribution is 2.42. The zero-order chi connectivity index (χ0) is 27.9. The molecular formula is C34H40N4O2. The van der Waals surface area contributed by atoms with Crippen molar-refractivity contribution in [3.05, 3.63) is 95.6 Å². The first-order valence-electron chi connectivity index (χ1n) is 14.2. The topological polar surface area (TPSA) is 48.1 Å². The van der Waals surface area contributed by atoms with Gasteiger partial charge in [-0.1, -0.05) is 42.2 Å². The number of ether oxygens (including phenoxy) is 1. The van der Waals surface area contributed by atoms with E-state index in [1.165, 1.54) is 5.56 Å². The van der Waals surface area contributed by atoms with Gasteiger partial charge in [-0.05, 0) is 94.1 Å². The van der Waals surface area contributed by atoms with Crippen molar-refractivity contribution in [2.24, 2.45) is 0 Å². The van der Waals surface area contributed by atoms with Crippen LogP contribution in [0, 0.1) is 11.8 Å². The summed E-state index contributed by atoms with van der Waals surface area (Å²) in [6, 6.07) is 27.3. The highest BCUT2D eigenvalue weighted by Gasteiger charge is 2.49. The van der Waals surface area contributed by atoms with Crippen LogP contribution >= 0.6 is 0 Å². The van der Waals surface area contributed by atoms with E-state index in [-0.39, 0.29) is 5.91 Å². The molecule has 0 spiro atoms. The highest BCUT2D eigenvalue weighted by molar-refractivity contribution is 5.92. The van der Waals surface area contributed by atoms with Crippen LogP contribution in [-0.2, 0) is 4.79 Å². The molecule has 2 aliphatic heterocycles. The van der Waals surface area contributed by atoms with Crippen molar-refractivity contribution in [2.75, 3.05) is 59.2 Å². The zero-order valence-corrected chi connectivity index (χ0v) is 23.8. The lowest BCUT2D eigenvalue weighted by Crippen LogP contribution is -2.68. The van der Waals surface area contributed by atoms with E-state index in [2.05, 4.69) is 70.2 Å². The van der Waals surface area contributed by atoms with Gasteiger partial charge in [-0.25, -0.2) is 0 Å². The SMILES string of the molecule is COc1ccc(NC(=O)CN2CCCCN3[C@H](CN(C)C)[C@H](c4ccc(C#Cc5ccccc5)cc4)[C@@H]3C2)cc1. The molecule has 3 aromatic rings. The molecule has 208 valence electrons. The summed E-state index contributed by atoms with van der Waals surface area (Å²) in [5.41, 5.74) is 4.21. The van der Waals surface area contributed by atoms with Gasteiger partial charge >= 0.3 is 0 Å². The maximum atomic E-state index is 13.0. The number of anilines is 1. The van der Waals surface area contributed by atoms with Gasteiger partial charge in [-0.15, -0.1) is 0 Å². The van der Waals surface area contributed by atoms with E-state index in [4.69, 9.17) is 4.74 Å². The number of amides is 1. The van der Waals surface area contributed by atoms with Crippen molar-refractivity contribution in [1.29, 1.82) is 0 Å². The summed E-state index contributed by atoms with van der Waals surface area (Å²) in [6.45, 7) is 4.37. The molecule has 2 saturated heterocycles. The quantitative estimate of drug-likeness (QED) is 0.450. The summed E-state index contributed by atoms with van der Waals surface area (Å²) in [5, 5.41) is 3.06.